The summed E-state index contributed by atoms with van der Waals surface area (Å²) in [6.07, 6.45) is 2.12. The van der Waals surface area contributed by atoms with Gasteiger partial charge in [0.05, 0.1) is 37.3 Å². The van der Waals surface area contributed by atoms with Crippen LogP contribution in [0.1, 0.15) is 19.8 Å². The highest BCUT2D eigenvalue weighted by Crippen LogP contribution is 2.36. The normalized spacial score (nSPS) is 10.7. The maximum absolute atomic E-state index is 12.5. The molecule has 2 aromatic carbocycles. The van der Waals surface area contributed by atoms with Crippen molar-refractivity contribution >= 4 is 35.0 Å². The summed E-state index contributed by atoms with van der Waals surface area (Å²) in [6, 6.07) is 11.0. The molecule has 10 heteroatoms. The molecule has 0 radical (unpaired) electrons. The lowest BCUT2D eigenvalue weighted by Gasteiger charge is -2.13. The first-order chi connectivity index (χ1) is 16.0. The van der Waals surface area contributed by atoms with Crippen molar-refractivity contribution in [3.8, 4) is 28.6 Å². The molecule has 3 rings (SSSR count). The smallest absolute Gasteiger partial charge is 0.234 e. The molecule has 0 aliphatic heterocycles. The lowest BCUT2D eigenvalue weighted by atomic mass is 10.2. The summed E-state index contributed by atoms with van der Waals surface area (Å²) in [5.74, 6) is 2.35. The number of nitrogens with one attached hydrogen (secondary N) is 1. The second-order valence-electron chi connectivity index (χ2n) is 7.12. The molecule has 0 atom stereocenters. The van der Waals surface area contributed by atoms with Gasteiger partial charge < -0.3 is 24.1 Å². The summed E-state index contributed by atoms with van der Waals surface area (Å²) in [5, 5.41) is 12.4. The number of carbonyl (C=O) groups excluding carboxylic acids is 1. The molecule has 0 unspecified atom stereocenters. The molecule has 0 bridgehead atoms. The predicted octanol–water partition coefficient (Wildman–Crippen LogP) is 5.06. The van der Waals surface area contributed by atoms with Crippen LogP contribution in [0.5, 0.6) is 17.2 Å². The third-order valence-electron chi connectivity index (χ3n) is 4.79. The van der Waals surface area contributed by atoms with Gasteiger partial charge in [0.2, 0.25) is 5.91 Å². The molecule has 0 spiro atoms. The largest absolute Gasteiger partial charge is 0.495 e. The number of hydrogen-bond donors (Lipinski definition) is 1. The number of aromatic nitrogens is 3. The van der Waals surface area contributed by atoms with Crippen molar-refractivity contribution in [1.82, 2.24) is 14.8 Å². The highest BCUT2D eigenvalue weighted by molar-refractivity contribution is 7.99. The molecule has 0 aliphatic carbocycles. The van der Waals surface area contributed by atoms with Crippen molar-refractivity contribution in [1.29, 1.82) is 0 Å². The Bertz CT molecular complexity index is 1090. The summed E-state index contributed by atoms with van der Waals surface area (Å²) < 4.78 is 18.1. The molecule has 33 heavy (non-hydrogen) atoms. The van der Waals surface area contributed by atoms with E-state index in [2.05, 4.69) is 22.4 Å². The lowest BCUT2D eigenvalue weighted by molar-refractivity contribution is -0.113. The van der Waals surface area contributed by atoms with Crippen LogP contribution < -0.4 is 19.5 Å². The zero-order chi connectivity index (χ0) is 23.8. The molecule has 0 fully saturated rings. The van der Waals surface area contributed by atoms with Crippen LogP contribution in [0.4, 0.5) is 5.69 Å². The molecular weight excluding hydrogens is 464 g/mol. The Hall–Kier alpha value is -2.91. The predicted molar refractivity (Wildman–Crippen MR) is 131 cm³/mol. The van der Waals surface area contributed by atoms with E-state index in [-0.39, 0.29) is 11.7 Å². The Morgan fingerprint density at radius 3 is 2.52 bits per heavy atom. The Kier molecular flexibility index (Phi) is 8.85. The standard InChI is InChI=1S/C23H27ClN4O4S/c1-5-6-11-32-16-9-7-15(8-10-16)22-26-27-23(28(22)2)33-14-21(29)25-18-13-19(30-3)17(24)12-20(18)31-4/h7-10,12-13H,5-6,11,14H2,1-4H3,(H,25,29). The van der Waals surface area contributed by atoms with E-state index >= 15 is 0 Å². The maximum atomic E-state index is 12.5. The Morgan fingerprint density at radius 1 is 1.12 bits per heavy atom. The summed E-state index contributed by atoms with van der Waals surface area (Å²) >= 11 is 7.41. The van der Waals surface area contributed by atoms with Gasteiger partial charge in [-0.05, 0) is 30.7 Å². The van der Waals surface area contributed by atoms with Gasteiger partial charge in [-0.15, -0.1) is 10.2 Å². The van der Waals surface area contributed by atoms with Gasteiger partial charge in [0.25, 0.3) is 0 Å². The monoisotopic (exact) mass is 490 g/mol. The van der Waals surface area contributed by atoms with Gasteiger partial charge in [-0.25, -0.2) is 0 Å². The first-order valence-electron chi connectivity index (χ1n) is 10.4. The van der Waals surface area contributed by atoms with E-state index in [1.165, 1.54) is 26.0 Å². The number of halogens is 1. The van der Waals surface area contributed by atoms with Gasteiger partial charge in [-0.2, -0.15) is 0 Å². The number of thioether (sulfide) groups is 1. The molecule has 0 saturated carbocycles. The van der Waals surface area contributed by atoms with Crippen LogP contribution in [0.25, 0.3) is 11.4 Å². The molecule has 1 aromatic heterocycles. The van der Waals surface area contributed by atoms with E-state index in [0.717, 1.165) is 24.2 Å². The number of methoxy groups -OCH3 is 2. The average molecular weight is 491 g/mol. The van der Waals surface area contributed by atoms with Crippen LogP contribution in [0.15, 0.2) is 41.6 Å². The van der Waals surface area contributed by atoms with Crippen LogP contribution in [-0.2, 0) is 11.8 Å². The molecule has 0 aliphatic rings. The molecule has 1 heterocycles. The highest BCUT2D eigenvalue weighted by atomic mass is 35.5. The summed E-state index contributed by atoms with van der Waals surface area (Å²) in [6.45, 7) is 2.84. The molecule has 0 saturated heterocycles. The van der Waals surface area contributed by atoms with E-state index in [1.54, 1.807) is 12.1 Å². The third kappa shape index (κ3) is 6.33. The second kappa shape index (κ2) is 11.8. The van der Waals surface area contributed by atoms with E-state index < -0.39 is 0 Å². The van der Waals surface area contributed by atoms with Gasteiger partial charge in [0, 0.05) is 24.7 Å². The van der Waals surface area contributed by atoms with E-state index in [0.29, 0.717) is 39.8 Å². The van der Waals surface area contributed by atoms with Crippen molar-refractivity contribution in [2.75, 3.05) is 31.9 Å². The molecule has 8 nitrogen and oxygen atoms in total. The molecule has 176 valence electrons. The van der Waals surface area contributed by atoms with Crippen LogP contribution in [-0.4, -0.2) is 47.3 Å². The van der Waals surface area contributed by atoms with Crippen LogP contribution in [0, 0.1) is 0 Å². The quantitative estimate of drug-likeness (QED) is 0.297. The van der Waals surface area contributed by atoms with Crippen LogP contribution in [0.2, 0.25) is 5.02 Å². The Labute approximate surface area is 202 Å². The van der Waals surface area contributed by atoms with Gasteiger partial charge in [-0.3, -0.25) is 4.79 Å². The first-order valence-corrected chi connectivity index (χ1v) is 11.8. The number of hydrogen-bond acceptors (Lipinski definition) is 7. The van der Waals surface area contributed by atoms with Crippen LogP contribution >= 0.6 is 23.4 Å². The Balaban J connectivity index is 1.62. The van der Waals surface area contributed by atoms with Gasteiger partial charge >= 0.3 is 0 Å². The number of anilines is 1. The molecular formula is C23H27ClN4O4S. The molecule has 1 amide bonds. The van der Waals surface area contributed by atoms with Gasteiger partial charge in [0.1, 0.15) is 17.2 Å². The topological polar surface area (TPSA) is 87.5 Å². The highest BCUT2D eigenvalue weighted by Gasteiger charge is 2.16. The number of rotatable bonds is 11. The van der Waals surface area contributed by atoms with E-state index in [9.17, 15) is 4.79 Å². The minimum absolute atomic E-state index is 0.143. The first kappa shape index (κ1) is 24.7. The van der Waals surface area contributed by atoms with Crippen molar-refractivity contribution < 1.29 is 19.0 Å². The Morgan fingerprint density at radius 2 is 1.85 bits per heavy atom. The number of carbonyl (C=O) groups is 1. The zero-order valence-corrected chi connectivity index (χ0v) is 20.6. The van der Waals surface area contributed by atoms with E-state index in [1.807, 2.05) is 35.9 Å². The van der Waals surface area contributed by atoms with Crippen molar-refractivity contribution in [3.05, 3.63) is 41.4 Å². The number of amides is 1. The second-order valence-corrected chi connectivity index (χ2v) is 8.47. The summed E-state index contributed by atoms with van der Waals surface area (Å²) in [4.78, 5) is 12.5. The zero-order valence-electron chi connectivity index (χ0n) is 19.1. The fraction of sp³-hybridized carbons (Fsp3) is 0.348. The minimum Gasteiger partial charge on any atom is -0.495 e. The lowest BCUT2D eigenvalue weighted by Crippen LogP contribution is -2.15. The number of nitrogens with zero attached hydrogens (tertiary/aromatic N) is 3. The average Bonchev–Trinajstić information content (AvgIpc) is 3.19. The van der Waals surface area contributed by atoms with Crippen molar-refractivity contribution in [3.63, 3.8) is 0 Å². The number of ether oxygens (including phenoxy) is 3. The van der Waals surface area contributed by atoms with Crippen molar-refractivity contribution in [2.45, 2.75) is 24.9 Å². The van der Waals surface area contributed by atoms with E-state index in [4.69, 9.17) is 25.8 Å². The summed E-state index contributed by atoms with van der Waals surface area (Å²) in [7, 11) is 4.88. The third-order valence-corrected chi connectivity index (χ3v) is 6.11. The fourth-order valence-electron chi connectivity index (χ4n) is 3.00. The fourth-order valence-corrected chi connectivity index (χ4v) is 3.94. The molecule has 3 aromatic rings. The summed E-state index contributed by atoms with van der Waals surface area (Å²) in [5.41, 5.74) is 1.39. The van der Waals surface area contributed by atoms with Gasteiger partial charge in [-0.1, -0.05) is 36.7 Å². The number of unbranched alkanes of at least 4 members (excludes halogenated alkanes) is 1. The van der Waals surface area contributed by atoms with Crippen molar-refractivity contribution in [2.24, 2.45) is 7.05 Å². The number of benzene rings is 2. The van der Waals surface area contributed by atoms with Gasteiger partial charge in [0.15, 0.2) is 11.0 Å². The maximum Gasteiger partial charge on any atom is 0.234 e. The van der Waals surface area contributed by atoms with Crippen LogP contribution in [0.3, 0.4) is 0 Å². The SMILES string of the molecule is CCCCOc1ccc(-c2nnc(SCC(=O)Nc3cc(OC)c(Cl)cc3OC)n2C)cc1. The minimum atomic E-state index is -0.221. The molecule has 1 N–H and O–H groups in total.